The number of aromatic amines is 1. The van der Waals surface area contributed by atoms with E-state index in [1.54, 1.807) is 12.3 Å². The minimum atomic E-state index is -0.597. The molecule has 0 saturated heterocycles. The highest BCUT2D eigenvalue weighted by Crippen LogP contribution is 2.26. The third-order valence-electron chi connectivity index (χ3n) is 3.56. The van der Waals surface area contributed by atoms with Crippen molar-refractivity contribution in [3.05, 3.63) is 63.3 Å². The summed E-state index contributed by atoms with van der Waals surface area (Å²) in [6.07, 6.45) is 1.79. The number of fused-ring (bicyclic) bond motifs is 1. The predicted octanol–water partition coefficient (Wildman–Crippen LogP) is 1.38. The molecule has 116 valence electrons. The van der Waals surface area contributed by atoms with Crippen LogP contribution >= 0.6 is 0 Å². The first-order valence-electron chi connectivity index (χ1n) is 6.84. The van der Waals surface area contributed by atoms with Gasteiger partial charge in [0, 0.05) is 18.2 Å². The first-order valence-corrected chi connectivity index (χ1v) is 6.84. The number of non-ortho nitro benzene ring substituents is 1. The zero-order chi connectivity index (χ0) is 16.6. The summed E-state index contributed by atoms with van der Waals surface area (Å²) in [5.41, 5.74) is 1.06. The number of nitro groups is 1. The van der Waals surface area contributed by atoms with Crippen LogP contribution in [0, 0.1) is 17.0 Å². The van der Waals surface area contributed by atoms with Gasteiger partial charge in [-0.2, -0.15) is 0 Å². The number of hydrogen-bond donors (Lipinski definition) is 1. The average molecular weight is 313 g/mol. The maximum absolute atomic E-state index is 12.3. The van der Waals surface area contributed by atoms with Gasteiger partial charge >= 0.3 is 0 Å². The van der Waals surface area contributed by atoms with Gasteiger partial charge in [0.2, 0.25) is 0 Å². The fourth-order valence-corrected chi connectivity index (χ4v) is 2.31. The van der Waals surface area contributed by atoms with Gasteiger partial charge in [0.05, 0.1) is 22.2 Å². The average Bonchev–Trinajstić information content (AvgIpc) is 2.78. The lowest BCUT2D eigenvalue weighted by Gasteiger charge is -2.10. The maximum atomic E-state index is 12.3. The molecular formula is C15H13N4O4+. The van der Waals surface area contributed by atoms with E-state index < -0.39 is 16.7 Å². The monoisotopic (exact) mass is 313 g/mol. The number of aromatic nitrogens is 1. The second-order valence-corrected chi connectivity index (χ2v) is 5.14. The molecule has 8 heteroatoms. The molecule has 0 bridgehead atoms. The molecule has 0 fully saturated rings. The minimum Gasteiger partial charge on any atom is -0.268 e. The third kappa shape index (κ3) is 2.61. The number of rotatable bonds is 4. The minimum absolute atomic E-state index is 0.0281. The summed E-state index contributed by atoms with van der Waals surface area (Å²) >= 11 is 0. The topological polar surface area (TPSA) is 107 Å². The van der Waals surface area contributed by atoms with E-state index in [0.29, 0.717) is 5.82 Å². The fourth-order valence-electron chi connectivity index (χ4n) is 2.31. The number of carbonyl (C=O) groups excluding carboxylic acids is 2. The lowest BCUT2D eigenvalue weighted by molar-refractivity contribution is -0.384. The number of imide groups is 1. The van der Waals surface area contributed by atoms with Crippen LogP contribution in [0.5, 0.6) is 0 Å². The van der Waals surface area contributed by atoms with Crippen molar-refractivity contribution in [2.45, 2.75) is 6.92 Å². The van der Waals surface area contributed by atoms with E-state index in [4.69, 9.17) is 0 Å². The summed E-state index contributed by atoms with van der Waals surface area (Å²) < 4.78 is 0. The van der Waals surface area contributed by atoms with Gasteiger partial charge in [-0.3, -0.25) is 25.0 Å². The number of anilines is 1. The van der Waals surface area contributed by atoms with Crippen molar-refractivity contribution in [1.29, 1.82) is 0 Å². The number of pyridine rings is 1. The maximum Gasteiger partial charge on any atom is 0.273 e. The Bertz CT molecular complexity index is 817. The molecule has 23 heavy (non-hydrogen) atoms. The normalized spacial score (nSPS) is 13.2. The molecule has 0 atom stereocenters. The van der Waals surface area contributed by atoms with Crippen LogP contribution in [-0.4, -0.2) is 28.3 Å². The van der Waals surface area contributed by atoms with E-state index in [1.165, 1.54) is 12.1 Å². The molecular weight excluding hydrogens is 300 g/mol. The zero-order valence-electron chi connectivity index (χ0n) is 12.2. The summed E-state index contributed by atoms with van der Waals surface area (Å²) in [6, 6.07) is 7.33. The lowest BCUT2D eigenvalue weighted by atomic mass is 10.1. The Kier molecular flexibility index (Phi) is 3.49. The van der Waals surface area contributed by atoms with Crippen LogP contribution in [0.1, 0.15) is 26.3 Å². The van der Waals surface area contributed by atoms with E-state index >= 15 is 0 Å². The van der Waals surface area contributed by atoms with Gasteiger partial charge in [0.25, 0.3) is 23.3 Å². The van der Waals surface area contributed by atoms with E-state index in [0.717, 1.165) is 16.5 Å². The summed E-state index contributed by atoms with van der Waals surface area (Å²) in [5, 5.41) is 13.7. The number of aryl methyl sites for hydroxylation is 1. The van der Waals surface area contributed by atoms with Crippen molar-refractivity contribution in [1.82, 2.24) is 4.90 Å². The van der Waals surface area contributed by atoms with E-state index in [9.17, 15) is 19.7 Å². The molecule has 0 saturated carbocycles. The number of carbonyl (C=O) groups is 2. The number of nitro benzene ring substituents is 1. The fraction of sp³-hybridized carbons (Fsp3) is 0.133. The zero-order valence-corrected chi connectivity index (χ0v) is 12.2. The first-order chi connectivity index (χ1) is 11.0. The molecule has 0 unspecified atom stereocenters. The molecule has 1 aromatic carbocycles. The molecule has 1 aliphatic heterocycles. The molecule has 1 aliphatic rings. The molecule has 2 amide bonds. The number of benzene rings is 1. The van der Waals surface area contributed by atoms with Crippen LogP contribution in [0.25, 0.3) is 0 Å². The van der Waals surface area contributed by atoms with Crippen LogP contribution in [-0.2, 0) is 0 Å². The van der Waals surface area contributed by atoms with Crippen LogP contribution in [0.3, 0.4) is 0 Å². The van der Waals surface area contributed by atoms with Crippen LogP contribution in [0.15, 0.2) is 36.5 Å². The van der Waals surface area contributed by atoms with Crippen LogP contribution < -0.4 is 10.3 Å². The molecule has 0 aliphatic carbocycles. The van der Waals surface area contributed by atoms with E-state index in [2.05, 4.69) is 10.3 Å². The number of H-pyrrole nitrogens is 1. The van der Waals surface area contributed by atoms with Crippen molar-refractivity contribution in [3.8, 4) is 0 Å². The summed E-state index contributed by atoms with van der Waals surface area (Å²) in [5.74, 6) is -0.369. The predicted molar refractivity (Wildman–Crippen MR) is 79.8 cm³/mol. The number of amides is 2. The van der Waals surface area contributed by atoms with Crippen LogP contribution in [0.2, 0.25) is 0 Å². The van der Waals surface area contributed by atoms with Crippen LogP contribution in [0.4, 0.5) is 11.5 Å². The molecule has 0 radical (unpaired) electrons. The number of hydrogen-bond acceptors (Lipinski definition) is 5. The van der Waals surface area contributed by atoms with Gasteiger partial charge in [-0.25, -0.2) is 9.88 Å². The second kappa shape index (κ2) is 5.48. The van der Waals surface area contributed by atoms with Gasteiger partial charge in [0.15, 0.2) is 6.67 Å². The Morgan fingerprint density at radius 1 is 1.17 bits per heavy atom. The number of nitrogens with zero attached hydrogens (tertiary/aromatic N) is 2. The van der Waals surface area contributed by atoms with Crippen molar-refractivity contribution in [3.63, 3.8) is 0 Å². The van der Waals surface area contributed by atoms with Crippen molar-refractivity contribution >= 4 is 23.3 Å². The molecule has 2 heterocycles. The molecule has 3 rings (SSSR count). The van der Waals surface area contributed by atoms with E-state index in [1.807, 2.05) is 13.0 Å². The quantitative estimate of drug-likeness (QED) is 0.521. The molecule has 1 aromatic heterocycles. The third-order valence-corrected chi connectivity index (χ3v) is 3.56. The first kappa shape index (κ1) is 14.6. The molecule has 2 aromatic rings. The smallest absolute Gasteiger partial charge is 0.268 e. The Hall–Kier alpha value is -3.29. The Balaban J connectivity index is 1.79. The van der Waals surface area contributed by atoms with Crippen molar-refractivity contribution in [2.24, 2.45) is 0 Å². The summed E-state index contributed by atoms with van der Waals surface area (Å²) in [4.78, 5) is 38.7. The largest absolute Gasteiger partial charge is 0.273 e. The van der Waals surface area contributed by atoms with Crippen molar-refractivity contribution in [2.75, 3.05) is 12.0 Å². The van der Waals surface area contributed by atoms with Gasteiger partial charge in [-0.15, -0.1) is 0 Å². The van der Waals surface area contributed by atoms with Gasteiger partial charge < -0.3 is 0 Å². The van der Waals surface area contributed by atoms with Gasteiger partial charge in [0.1, 0.15) is 0 Å². The Morgan fingerprint density at radius 3 is 2.57 bits per heavy atom. The van der Waals surface area contributed by atoms with Gasteiger partial charge in [-0.1, -0.05) is 0 Å². The van der Waals surface area contributed by atoms with E-state index in [-0.39, 0.29) is 23.5 Å². The highest BCUT2D eigenvalue weighted by Gasteiger charge is 2.37. The standard InChI is InChI=1S/C15H12N4O4/c1-9-2-5-13(16-7-9)17-8-18-14(20)11-4-3-10(19(22)23)6-12(11)15(18)21/h2-7H,8H2,1H3,(H,16,17)/p+1. The summed E-state index contributed by atoms with van der Waals surface area (Å²) in [7, 11) is 0. The highest BCUT2D eigenvalue weighted by molar-refractivity contribution is 6.21. The number of nitrogens with one attached hydrogen (secondary N) is 2. The molecule has 0 spiro atoms. The SMILES string of the molecule is Cc1ccc(NCN2C(=O)c3ccc([N+](=O)[O-])cc3C2=O)[nH+]c1. The Morgan fingerprint density at radius 2 is 1.91 bits per heavy atom. The molecule has 8 nitrogen and oxygen atoms in total. The van der Waals surface area contributed by atoms with Gasteiger partial charge in [-0.05, 0) is 24.6 Å². The molecule has 2 N–H and O–H groups in total. The lowest BCUT2D eigenvalue weighted by Crippen LogP contribution is -2.35. The summed E-state index contributed by atoms with van der Waals surface area (Å²) in [6.45, 7) is 1.90. The van der Waals surface area contributed by atoms with Crippen molar-refractivity contribution < 1.29 is 19.5 Å². The highest BCUT2D eigenvalue weighted by atomic mass is 16.6. The Labute approximate surface area is 130 Å². The second-order valence-electron chi connectivity index (χ2n) is 5.14.